The fraction of sp³-hybridized carbons (Fsp3) is 0.833. The molecule has 18 heavy (non-hydrogen) atoms. The van der Waals surface area contributed by atoms with Gasteiger partial charge in [0.05, 0.1) is 12.1 Å². The number of ether oxygens (including phenoxy) is 1. The van der Waals surface area contributed by atoms with E-state index in [2.05, 4.69) is 0 Å². The molecule has 0 spiro atoms. The van der Waals surface area contributed by atoms with Crippen LogP contribution in [0.25, 0.3) is 0 Å². The summed E-state index contributed by atoms with van der Waals surface area (Å²) in [5.74, 6) is -1.07. The largest absolute Gasteiger partial charge is 0.480 e. The van der Waals surface area contributed by atoms with E-state index in [1.165, 1.54) is 0 Å². The van der Waals surface area contributed by atoms with Crippen LogP contribution in [0.1, 0.15) is 40.5 Å². The van der Waals surface area contributed by atoms with Gasteiger partial charge in [0.25, 0.3) is 0 Å². The highest BCUT2D eigenvalue weighted by Gasteiger charge is 2.42. The van der Waals surface area contributed by atoms with Crippen molar-refractivity contribution in [3.05, 3.63) is 0 Å². The van der Waals surface area contributed by atoms with Gasteiger partial charge in [-0.2, -0.15) is 0 Å². The Hall–Kier alpha value is -1.30. The average Bonchev–Trinajstić information content (AvgIpc) is 2.12. The van der Waals surface area contributed by atoms with Gasteiger partial charge in [-0.05, 0) is 40.5 Å². The second kappa shape index (κ2) is 4.76. The molecule has 0 aliphatic carbocycles. The maximum Gasteiger partial charge on any atom is 0.411 e. The van der Waals surface area contributed by atoms with Gasteiger partial charge in [0.15, 0.2) is 0 Å². The van der Waals surface area contributed by atoms with E-state index in [0.717, 1.165) is 4.90 Å². The maximum atomic E-state index is 11.9. The Kier molecular flexibility index (Phi) is 3.90. The van der Waals surface area contributed by atoms with E-state index in [-0.39, 0.29) is 13.0 Å². The minimum absolute atomic E-state index is 0.0289. The van der Waals surface area contributed by atoms with Crippen LogP contribution >= 0.6 is 0 Å². The Balaban J connectivity index is 2.85. The second-order valence-electron chi connectivity index (χ2n) is 6.00. The number of likely N-dealkylation sites (tertiary alicyclic amines) is 1. The second-order valence-corrected chi connectivity index (χ2v) is 6.00. The smallest absolute Gasteiger partial charge is 0.411 e. The van der Waals surface area contributed by atoms with E-state index in [0.29, 0.717) is 6.42 Å². The van der Waals surface area contributed by atoms with Crippen LogP contribution < -0.4 is 0 Å². The van der Waals surface area contributed by atoms with Gasteiger partial charge in [-0.15, -0.1) is 0 Å². The number of amides is 1. The molecular formula is C12H21NO5. The summed E-state index contributed by atoms with van der Waals surface area (Å²) < 4.78 is 5.16. The summed E-state index contributed by atoms with van der Waals surface area (Å²) in [6, 6.07) is -0.930. The number of nitrogens with zero attached hydrogens (tertiary/aromatic N) is 1. The van der Waals surface area contributed by atoms with Crippen molar-refractivity contribution < 1.29 is 24.5 Å². The number of aliphatic carboxylic acids is 1. The van der Waals surface area contributed by atoms with Crippen molar-refractivity contribution in [2.24, 2.45) is 0 Å². The third-order valence-corrected chi connectivity index (χ3v) is 2.76. The topological polar surface area (TPSA) is 87.1 Å². The van der Waals surface area contributed by atoms with Crippen molar-refractivity contribution in [1.29, 1.82) is 0 Å². The standard InChI is InChI=1S/C12H21NO5/c1-11(2,3)18-10(16)13-7-12(4,17)6-5-8(13)9(14)15/h8,17H,5-7H2,1-4H3,(H,14,15)/t8-,12-/m0/s1. The molecule has 1 fully saturated rings. The molecule has 1 heterocycles. The molecule has 6 nitrogen and oxygen atoms in total. The summed E-state index contributed by atoms with van der Waals surface area (Å²) in [7, 11) is 0. The Labute approximate surface area is 107 Å². The van der Waals surface area contributed by atoms with Crippen LogP contribution in [0.2, 0.25) is 0 Å². The van der Waals surface area contributed by atoms with E-state index in [4.69, 9.17) is 9.84 Å². The summed E-state index contributed by atoms with van der Waals surface area (Å²) in [4.78, 5) is 24.2. The number of carbonyl (C=O) groups is 2. The predicted octanol–water partition coefficient (Wildman–Crippen LogP) is 1.22. The number of carbonyl (C=O) groups excluding carboxylic acids is 1. The molecule has 0 radical (unpaired) electrons. The molecule has 0 unspecified atom stereocenters. The van der Waals surface area contributed by atoms with Gasteiger partial charge in [0.1, 0.15) is 11.6 Å². The molecule has 1 amide bonds. The molecule has 2 atom stereocenters. The molecular weight excluding hydrogens is 238 g/mol. The van der Waals surface area contributed by atoms with Gasteiger partial charge < -0.3 is 14.9 Å². The van der Waals surface area contributed by atoms with Gasteiger partial charge in [-0.1, -0.05) is 0 Å². The SMILES string of the molecule is CC(C)(C)OC(=O)N1C[C@@](C)(O)CC[C@H]1C(=O)O. The van der Waals surface area contributed by atoms with E-state index in [1.807, 2.05) is 0 Å². The zero-order valence-corrected chi connectivity index (χ0v) is 11.3. The van der Waals surface area contributed by atoms with Crippen molar-refractivity contribution in [2.45, 2.75) is 57.8 Å². The molecule has 1 rings (SSSR count). The van der Waals surface area contributed by atoms with Crippen LogP contribution in [0.5, 0.6) is 0 Å². The molecule has 2 N–H and O–H groups in total. The van der Waals surface area contributed by atoms with Crippen molar-refractivity contribution >= 4 is 12.1 Å². The first-order valence-electron chi connectivity index (χ1n) is 5.97. The number of aliphatic hydroxyl groups is 1. The summed E-state index contributed by atoms with van der Waals surface area (Å²) in [5, 5.41) is 19.0. The quantitative estimate of drug-likeness (QED) is 0.739. The summed E-state index contributed by atoms with van der Waals surface area (Å²) in [6.45, 7) is 6.69. The Morgan fingerprint density at radius 1 is 1.39 bits per heavy atom. The normalized spacial score (nSPS) is 28.9. The maximum absolute atomic E-state index is 11.9. The third-order valence-electron chi connectivity index (χ3n) is 2.76. The average molecular weight is 259 g/mol. The van der Waals surface area contributed by atoms with Crippen LogP contribution in [-0.2, 0) is 9.53 Å². The van der Waals surface area contributed by atoms with Gasteiger partial charge in [0, 0.05) is 0 Å². The highest BCUT2D eigenvalue weighted by atomic mass is 16.6. The van der Waals surface area contributed by atoms with Gasteiger partial charge in [-0.3, -0.25) is 4.90 Å². The molecule has 1 saturated heterocycles. The Bertz CT molecular complexity index is 345. The Morgan fingerprint density at radius 3 is 2.39 bits per heavy atom. The molecule has 0 bridgehead atoms. The van der Waals surface area contributed by atoms with Gasteiger partial charge in [0.2, 0.25) is 0 Å². The van der Waals surface area contributed by atoms with E-state index in [9.17, 15) is 14.7 Å². The monoisotopic (exact) mass is 259 g/mol. The number of carboxylic acids is 1. The van der Waals surface area contributed by atoms with Crippen molar-refractivity contribution in [1.82, 2.24) is 4.90 Å². The molecule has 1 aliphatic rings. The first-order chi connectivity index (χ1) is 8.02. The lowest BCUT2D eigenvalue weighted by atomic mass is 9.90. The Morgan fingerprint density at radius 2 is 1.94 bits per heavy atom. The highest BCUT2D eigenvalue weighted by molar-refractivity contribution is 5.80. The molecule has 6 heteroatoms. The molecule has 104 valence electrons. The number of hydrogen-bond donors (Lipinski definition) is 2. The number of hydrogen-bond acceptors (Lipinski definition) is 4. The zero-order chi connectivity index (χ0) is 14.1. The lowest BCUT2D eigenvalue weighted by Gasteiger charge is -2.41. The molecule has 0 aromatic rings. The number of carboxylic acid groups (broad SMARTS) is 1. The van der Waals surface area contributed by atoms with Crippen LogP contribution in [0.3, 0.4) is 0 Å². The lowest BCUT2D eigenvalue weighted by Crippen LogP contribution is -2.57. The highest BCUT2D eigenvalue weighted by Crippen LogP contribution is 2.27. The molecule has 1 aliphatic heterocycles. The first kappa shape index (κ1) is 14.8. The predicted molar refractivity (Wildman–Crippen MR) is 64.2 cm³/mol. The number of piperidine rings is 1. The van der Waals surface area contributed by atoms with Crippen LogP contribution in [-0.4, -0.2) is 51.0 Å². The first-order valence-corrected chi connectivity index (χ1v) is 5.97. The van der Waals surface area contributed by atoms with Gasteiger partial charge in [-0.25, -0.2) is 9.59 Å². The van der Waals surface area contributed by atoms with Crippen molar-refractivity contribution in [2.75, 3.05) is 6.54 Å². The molecule has 0 aromatic carbocycles. The zero-order valence-electron chi connectivity index (χ0n) is 11.3. The minimum Gasteiger partial charge on any atom is -0.480 e. The lowest BCUT2D eigenvalue weighted by molar-refractivity contribution is -0.148. The summed E-state index contributed by atoms with van der Waals surface area (Å²) in [6.07, 6.45) is -0.125. The molecule has 0 aromatic heterocycles. The number of β-amino-alcohol motifs (C(OH)–C–C–N with tert-alkyl or cyclic N) is 1. The van der Waals surface area contributed by atoms with E-state index < -0.39 is 29.3 Å². The van der Waals surface area contributed by atoms with Crippen molar-refractivity contribution in [3.8, 4) is 0 Å². The van der Waals surface area contributed by atoms with Crippen molar-refractivity contribution in [3.63, 3.8) is 0 Å². The third kappa shape index (κ3) is 3.87. The van der Waals surface area contributed by atoms with Crippen LogP contribution in [0, 0.1) is 0 Å². The van der Waals surface area contributed by atoms with Crippen LogP contribution in [0.15, 0.2) is 0 Å². The number of rotatable bonds is 1. The molecule has 0 saturated carbocycles. The minimum atomic E-state index is -1.07. The summed E-state index contributed by atoms with van der Waals surface area (Å²) in [5.41, 5.74) is -1.76. The summed E-state index contributed by atoms with van der Waals surface area (Å²) >= 11 is 0. The van der Waals surface area contributed by atoms with E-state index in [1.54, 1.807) is 27.7 Å². The fourth-order valence-electron chi connectivity index (χ4n) is 1.93. The van der Waals surface area contributed by atoms with Gasteiger partial charge >= 0.3 is 12.1 Å². The van der Waals surface area contributed by atoms with Crippen LogP contribution in [0.4, 0.5) is 4.79 Å². The fourth-order valence-corrected chi connectivity index (χ4v) is 1.93. The van der Waals surface area contributed by atoms with E-state index >= 15 is 0 Å².